The summed E-state index contributed by atoms with van der Waals surface area (Å²) in [5.74, 6) is -1.49. The Balaban J connectivity index is 4.75. The maximum absolute atomic E-state index is 12.8. The molecule has 0 aromatic carbocycles. The Kier molecular flexibility index (Phi) is 45.1. The molecule has 12 heteroatoms. The van der Waals surface area contributed by atoms with Gasteiger partial charge in [-0.3, -0.25) is 23.4 Å². The Labute approximate surface area is 390 Å². The van der Waals surface area contributed by atoms with Crippen molar-refractivity contribution in [2.24, 2.45) is 0 Å². The first-order valence-corrected chi connectivity index (χ1v) is 27.0. The van der Waals surface area contributed by atoms with Crippen molar-refractivity contribution < 1.29 is 52.2 Å². The van der Waals surface area contributed by atoms with Gasteiger partial charge in [0.15, 0.2) is 6.10 Å². The molecule has 0 aliphatic carbocycles. The molecule has 0 saturated heterocycles. The number of carbonyl (C=O) groups excluding carboxylic acids is 3. The van der Waals surface area contributed by atoms with Gasteiger partial charge in [-0.2, -0.15) is 0 Å². The highest BCUT2D eigenvalue weighted by Crippen LogP contribution is 2.43. The summed E-state index contributed by atoms with van der Waals surface area (Å²) in [4.78, 5) is 48.2. The van der Waals surface area contributed by atoms with E-state index in [4.69, 9.17) is 23.3 Å². The van der Waals surface area contributed by atoms with Crippen molar-refractivity contribution in [2.75, 3.05) is 26.4 Å². The number of hydrogen-bond acceptors (Lipinski definition) is 10. The Morgan fingerprint density at radius 2 is 0.812 bits per heavy atom. The van der Waals surface area contributed by atoms with E-state index in [1.807, 2.05) is 0 Å². The number of ether oxygens (including phenoxy) is 3. The quantitative estimate of drug-likeness (QED) is 0.0197. The first-order valence-electron chi connectivity index (χ1n) is 25.5. The van der Waals surface area contributed by atoms with E-state index in [0.717, 1.165) is 89.9 Å². The van der Waals surface area contributed by atoms with E-state index >= 15 is 0 Å². The predicted octanol–water partition coefficient (Wildman–Crippen LogP) is 14.2. The van der Waals surface area contributed by atoms with Crippen LogP contribution in [-0.2, 0) is 42.2 Å². The lowest BCUT2D eigenvalue weighted by Gasteiger charge is -2.21. The molecule has 0 aliphatic rings. The van der Waals surface area contributed by atoms with Gasteiger partial charge in [0.25, 0.3) is 0 Å². The lowest BCUT2D eigenvalue weighted by molar-refractivity contribution is -0.161. The van der Waals surface area contributed by atoms with Crippen molar-refractivity contribution in [1.29, 1.82) is 0 Å². The molecule has 0 bridgehead atoms. The summed E-state index contributed by atoms with van der Waals surface area (Å²) in [6.07, 6.45) is 46.6. The van der Waals surface area contributed by atoms with Crippen LogP contribution in [0.2, 0.25) is 0 Å². The van der Waals surface area contributed by atoms with Crippen molar-refractivity contribution in [3.8, 4) is 0 Å². The third-order valence-electron chi connectivity index (χ3n) is 10.8. The smallest absolute Gasteiger partial charge is 0.462 e. The second-order valence-electron chi connectivity index (χ2n) is 17.0. The van der Waals surface area contributed by atoms with Crippen LogP contribution in [0.1, 0.15) is 226 Å². The van der Waals surface area contributed by atoms with Gasteiger partial charge in [0, 0.05) is 19.3 Å². The highest BCUT2D eigenvalue weighted by molar-refractivity contribution is 7.47. The summed E-state index contributed by atoms with van der Waals surface area (Å²) in [6, 6.07) is 0. The maximum Gasteiger partial charge on any atom is 0.472 e. The van der Waals surface area contributed by atoms with Gasteiger partial charge in [0.05, 0.1) is 19.8 Å². The molecule has 0 aliphatic heterocycles. The third-order valence-corrected chi connectivity index (χ3v) is 11.7. The van der Waals surface area contributed by atoms with E-state index in [0.29, 0.717) is 19.3 Å². The van der Waals surface area contributed by atoms with Gasteiger partial charge in [-0.25, -0.2) is 4.57 Å². The van der Waals surface area contributed by atoms with Crippen molar-refractivity contribution in [1.82, 2.24) is 0 Å². The summed E-state index contributed by atoms with van der Waals surface area (Å²) >= 11 is 0. The first kappa shape index (κ1) is 61.4. The number of unbranched alkanes of at least 4 members (excludes halogenated alkanes) is 22. The summed E-state index contributed by atoms with van der Waals surface area (Å²) in [6.45, 7) is 4.46. The van der Waals surface area contributed by atoms with Crippen LogP contribution in [0.25, 0.3) is 0 Å². The number of rotatable bonds is 47. The van der Waals surface area contributed by atoms with Crippen LogP contribution in [0.3, 0.4) is 0 Å². The number of phosphoric ester groups is 1. The van der Waals surface area contributed by atoms with Gasteiger partial charge in [-0.1, -0.05) is 198 Å². The number of esters is 3. The largest absolute Gasteiger partial charge is 0.472 e. The van der Waals surface area contributed by atoms with Crippen LogP contribution < -0.4 is 0 Å². The van der Waals surface area contributed by atoms with Crippen LogP contribution in [0, 0.1) is 0 Å². The maximum atomic E-state index is 12.8. The van der Waals surface area contributed by atoms with Crippen molar-refractivity contribution in [3.05, 3.63) is 48.6 Å². The number of aliphatic hydroxyl groups is 1. The molecule has 0 aromatic rings. The Hall–Kier alpha value is -2.56. The van der Waals surface area contributed by atoms with E-state index in [2.05, 4.69) is 69.4 Å². The van der Waals surface area contributed by atoms with Crippen molar-refractivity contribution in [3.63, 3.8) is 0 Å². The van der Waals surface area contributed by atoms with Gasteiger partial charge in [0.2, 0.25) is 0 Å². The normalized spacial score (nSPS) is 13.9. The van der Waals surface area contributed by atoms with Gasteiger partial charge < -0.3 is 24.2 Å². The molecule has 0 fully saturated rings. The minimum atomic E-state index is -4.73. The Morgan fingerprint density at radius 3 is 1.25 bits per heavy atom. The Bertz CT molecular complexity index is 1260. The fraction of sp³-hybridized carbons (Fsp3) is 0.788. The SMILES string of the molecule is CC/C=C\C/C=C\C/C=C\C/C=C\CCCCCCC(=O)OCC(COP(=O)(O)OCC(CO)OC(=O)CCCCCCCCCCC)OC(=O)CCCCCCCCCCCCC. The van der Waals surface area contributed by atoms with Crippen LogP contribution in [-0.4, -0.2) is 66.5 Å². The van der Waals surface area contributed by atoms with Gasteiger partial charge in [-0.15, -0.1) is 0 Å². The van der Waals surface area contributed by atoms with Crippen LogP contribution >= 0.6 is 7.82 Å². The molecule has 0 radical (unpaired) electrons. The number of allylic oxidation sites excluding steroid dienone is 8. The Morgan fingerprint density at radius 1 is 0.453 bits per heavy atom. The fourth-order valence-corrected chi connectivity index (χ4v) is 7.66. The second kappa shape index (κ2) is 47.0. The molecular weight excluding hydrogens is 832 g/mol. The molecule has 0 spiro atoms. The van der Waals surface area contributed by atoms with Gasteiger partial charge in [0.1, 0.15) is 12.7 Å². The monoisotopic (exact) mass is 925 g/mol. The molecule has 0 rings (SSSR count). The van der Waals surface area contributed by atoms with Crippen LogP contribution in [0.5, 0.6) is 0 Å². The molecule has 11 nitrogen and oxygen atoms in total. The summed E-state index contributed by atoms with van der Waals surface area (Å²) in [7, 11) is -4.73. The highest BCUT2D eigenvalue weighted by Gasteiger charge is 2.28. The summed E-state index contributed by atoms with van der Waals surface area (Å²) in [5.41, 5.74) is 0. The molecule has 0 amide bonds. The van der Waals surface area contributed by atoms with Crippen molar-refractivity contribution in [2.45, 2.75) is 238 Å². The summed E-state index contributed by atoms with van der Waals surface area (Å²) < 4.78 is 39.2. The molecule has 0 saturated carbocycles. The molecule has 2 N–H and O–H groups in total. The lowest BCUT2D eigenvalue weighted by atomic mass is 10.1. The van der Waals surface area contributed by atoms with Crippen LogP contribution in [0.15, 0.2) is 48.6 Å². The fourth-order valence-electron chi connectivity index (χ4n) is 6.88. The zero-order chi connectivity index (χ0) is 47.0. The summed E-state index contributed by atoms with van der Waals surface area (Å²) in [5, 5.41) is 9.73. The van der Waals surface area contributed by atoms with E-state index in [1.54, 1.807) is 0 Å². The lowest BCUT2D eigenvalue weighted by Crippen LogP contribution is -2.30. The molecule has 372 valence electrons. The molecule has 64 heavy (non-hydrogen) atoms. The number of carbonyl (C=O) groups is 3. The minimum Gasteiger partial charge on any atom is -0.462 e. The number of phosphoric acid groups is 1. The van der Waals surface area contributed by atoms with Gasteiger partial charge in [-0.05, 0) is 57.8 Å². The average Bonchev–Trinajstić information content (AvgIpc) is 3.28. The second-order valence-corrected chi connectivity index (χ2v) is 18.4. The van der Waals surface area contributed by atoms with E-state index in [1.165, 1.54) is 77.0 Å². The number of aliphatic hydroxyl groups excluding tert-OH is 1. The molecule has 3 atom stereocenters. The van der Waals surface area contributed by atoms with E-state index < -0.39 is 57.8 Å². The number of hydrogen-bond donors (Lipinski definition) is 2. The molecule has 3 unspecified atom stereocenters. The minimum absolute atomic E-state index is 0.165. The van der Waals surface area contributed by atoms with E-state index in [-0.39, 0.29) is 25.9 Å². The topological polar surface area (TPSA) is 155 Å². The van der Waals surface area contributed by atoms with Crippen molar-refractivity contribution >= 4 is 25.7 Å². The molecule has 0 heterocycles. The highest BCUT2D eigenvalue weighted by atomic mass is 31.2. The first-order chi connectivity index (χ1) is 31.2. The molecule has 0 aromatic heterocycles. The van der Waals surface area contributed by atoms with Crippen LogP contribution in [0.4, 0.5) is 0 Å². The molecular formula is C52H93O11P. The predicted molar refractivity (Wildman–Crippen MR) is 261 cm³/mol. The third kappa shape index (κ3) is 44.6. The van der Waals surface area contributed by atoms with Gasteiger partial charge >= 0.3 is 25.7 Å². The van der Waals surface area contributed by atoms with E-state index in [9.17, 15) is 28.9 Å². The zero-order valence-electron chi connectivity index (χ0n) is 40.7. The standard InChI is InChI=1S/C52H93O11P/c1-4-7-10-13-16-19-21-22-23-24-25-26-28-30-32-35-38-41-50(54)59-45-49(63-52(56)43-40-37-34-31-27-20-17-14-11-8-5-2)47-61-64(57,58)60-46-48(44-53)62-51(55)42-39-36-33-29-18-15-12-9-6-3/h7,10,16,19,22-23,25-26,48-49,53H,4-6,8-9,11-15,17-18,20-21,24,27-47H2,1-3H3,(H,57,58)/b10-7-,19-16-,23-22-,26-25-. The average molecular weight is 925 g/mol. The zero-order valence-corrected chi connectivity index (χ0v) is 41.6.